The third kappa shape index (κ3) is 2.98. The number of nitrogens with zero attached hydrogens (tertiary/aromatic N) is 3. The summed E-state index contributed by atoms with van der Waals surface area (Å²) in [5, 5.41) is 10.0. The molecule has 1 aromatic heterocycles. The number of carbonyl (C=O) groups is 1. The zero-order valence-electron chi connectivity index (χ0n) is 15.1. The van der Waals surface area contributed by atoms with Crippen LogP contribution in [0.4, 0.5) is 16.0 Å². The molecule has 1 aliphatic heterocycles. The Bertz CT molecular complexity index is 1050. The lowest BCUT2D eigenvalue weighted by Crippen LogP contribution is -2.40. The summed E-state index contributed by atoms with van der Waals surface area (Å²) in [5.74, 6) is -0.695. The first-order valence-corrected chi connectivity index (χ1v) is 8.63. The van der Waals surface area contributed by atoms with Crippen LogP contribution in [0.15, 0.2) is 67.1 Å². The fraction of sp³-hybridized carbons (Fsp3) is 0.150. The standard InChI is InChI=1S/C20H18FN5O2/c1-12-17(19(27)25-15-9-5-6-10-16(15)28-2)18(13-7-3-4-8-14(13)21)26-20(24-12)22-11-23-26/h3-11,17-18H,1H2,2H3,(H,25,27)(H,22,23,24). The van der Waals surface area contributed by atoms with Crippen LogP contribution in [0.5, 0.6) is 5.75 Å². The molecule has 0 saturated heterocycles. The summed E-state index contributed by atoms with van der Waals surface area (Å²) in [7, 11) is 1.52. The van der Waals surface area contributed by atoms with E-state index >= 15 is 0 Å². The van der Waals surface area contributed by atoms with Crippen molar-refractivity contribution in [1.82, 2.24) is 14.8 Å². The fourth-order valence-corrected chi connectivity index (χ4v) is 3.38. The first-order valence-electron chi connectivity index (χ1n) is 8.63. The van der Waals surface area contributed by atoms with E-state index in [0.29, 0.717) is 28.6 Å². The molecule has 1 aliphatic rings. The molecule has 4 rings (SSSR count). The third-order valence-electron chi connectivity index (χ3n) is 4.67. The maximum absolute atomic E-state index is 14.6. The Balaban J connectivity index is 1.76. The van der Waals surface area contributed by atoms with Gasteiger partial charge in [0.15, 0.2) is 0 Å². The number of hydrogen-bond acceptors (Lipinski definition) is 5. The van der Waals surface area contributed by atoms with Gasteiger partial charge in [-0.3, -0.25) is 4.79 Å². The van der Waals surface area contributed by atoms with Crippen molar-refractivity contribution in [2.75, 3.05) is 17.7 Å². The van der Waals surface area contributed by atoms with E-state index in [1.807, 2.05) is 0 Å². The van der Waals surface area contributed by atoms with E-state index in [1.54, 1.807) is 42.5 Å². The van der Waals surface area contributed by atoms with Gasteiger partial charge in [-0.2, -0.15) is 10.1 Å². The molecule has 2 aromatic carbocycles. The first kappa shape index (κ1) is 17.7. The molecular formula is C20H18FN5O2. The van der Waals surface area contributed by atoms with E-state index in [9.17, 15) is 9.18 Å². The third-order valence-corrected chi connectivity index (χ3v) is 4.67. The lowest BCUT2D eigenvalue weighted by Gasteiger charge is -2.34. The number of aromatic nitrogens is 3. The van der Waals surface area contributed by atoms with E-state index in [2.05, 4.69) is 27.3 Å². The molecule has 0 radical (unpaired) electrons. The summed E-state index contributed by atoms with van der Waals surface area (Å²) in [6.07, 6.45) is 1.35. The number of methoxy groups -OCH3 is 1. The molecule has 0 saturated carbocycles. The summed E-state index contributed by atoms with van der Waals surface area (Å²) >= 11 is 0. The summed E-state index contributed by atoms with van der Waals surface area (Å²) < 4.78 is 21.4. The monoisotopic (exact) mass is 379 g/mol. The molecule has 2 unspecified atom stereocenters. The number of ether oxygens (including phenoxy) is 1. The molecular weight excluding hydrogens is 361 g/mol. The lowest BCUT2D eigenvalue weighted by molar-refractivity contribution is -0.119. The minimum atomic E-state index is -0.823. The number of hydrogen-bond donors (Lipinski definition) is 2. The Kier molecular flexibility index (Phi) is 4.52. The Morgan fingerprint density at radius 1 is 1.25 bits per heavy atom. The molecule has 142 valence electrons. The van der Waals surface area contributed by atoms with Gasteiger partial charge in [-0.1, -0.05) is 36.9 Å². The minimum absolute atomic E-state index is 0.331. The molecule has 3 aromatic rings. The minimum Gasteiger partial charge on any atom is -0.495 e. The number of anilines is 2. The van der Waals surface area contributed by atoms with Gasteiger partial charge < -0.3 is 15.4 Å². The van der Waals surface area contributed by atoms with E-state index in [4.69, 9.17) is 4.74 Å². The predicted molar refractivity (Wildman–Crippen MR) is 102 cm³/mol. The molecule has 2 N–H and O–H groups in total. The van der Waals surface area contributed by atoms with Crippen LogP contribution in [-0.4, -0.2) is 27.8 Å². The highest BCUT2D eigenvalue weighted by Crippen LogP contribution is 2.39. The number of nitrogens with one attached hydrogen (secondary N) is 2. The van der Waals surface area contributed by atoms with Crippen LogP contribution in [0, 0.1) is 11.7 Å². The molecule has 2 heterocycles. The van der Waals surface area contributed by atoms with Crippen molar-refractivity contribution < 1.29 is 13.9 Å². The number of para-hydroxylation sites is 2. The van der Waals surface area contributed by atoms with Crippen LogP contribution in [0.1, 0.15) is 11.6 Å². The Morgan fingerprint density at radius 3 is 2.79 bits per heavy atom. The van der Waals surface area contributed by atoms with Gasteiger partial charge in [0.05, 0.1) is 12.8 Å². The Hall–Kier alpha value is -3.68. The van der Waals surface area contributed by atoms with E-state index in [1.165, 1.54) is 24.2 Å². The summed E-state index contributed by atoms with van der Waals surface area (Å²) in [6, 6.07) is 12.6. The smallest absolute Gasteiger partial charge is 0.236 e. The first-order chi connectivity index (χ1) is 13.6. The van der Waals surface area contributed by atoms with Crippen molar-refractivity contribution in [3.63, 3.8) is 0 Å². The molecule has 0 bridgehead atoms. The van der Waals surface area contributed by atoms with Gasteiger partial charge in [0.25, 0.3) is 0 Å². The van der Waals surface area contributed by atoms with Crippen molar-refractivity contribution in [1.29, 1.82) is 0 Å². The second kappa shape index (κ2) is 7.15. The van der Waals surface area contributed by atoms with E-state index in [-0.39, 0.29) is 5.91 Å². The topological polar surface area (TPSA) is 81.1 Å². The Labute approximate surface area is 160 Å². The number of halogens is 1. The highest BCUT2D eigenvalue weighted by molar-refractivity contribution is 5.96. The zero-order valence-corrected chi connectivity index (χ0v) is 15.1. The number of benzene rings is 2. The second-order valence-electron chi connectivity index (χ2n) is 6.31. The molecule has 1 amide bonds. The maximum atomic E-state index is 14.6. The largest absolute Gasteiger partial charge is 0.495 e. The van der Waals surface area contributed by atoms with Gasteiger partial charge in [-0.05, 0) is 18.2 Å². The van der Waals surface area contributed by atoms with Crippen molar-refractivity contribution in [2.24, 2.45) is 5.92 Å². The van der Waals surface area contributed by atoms with Crippen LogP contribution in [0.3, 0.4) is 0 Å². The highest BCUT2D eigenvalue weighted by Gasteiger charge is 2.40. The van der Waals surface area contributed by atoms with E-state index in [0.717, 1.165) is 0 Å². The van der Waals surface area contributed by atoms with E-state index < -0.39 is 17.8 Å². The molecule has 0 spiro atoms. The summed E-state index contributed by atoms with van der Waals surface area (Å²) in [4.78, 5) is 17.3. The van der Waals surface area contributed by atoms with Crippen molar-refractivity contribution in [3.8, 4) is 5.75 Å². The van der Waals surface area contributed by atoms with Crippen LogP contribution < -0.4 is 15.4 Å². The number of fused-ring (bicyclic) bond motifs is 1. The normalized spacial score (nSPS) is 18.1. The predicted octanol–water partition coefficient (Wildman–Crippen LogP) is 3.21. The van der Waals surface area contributed by atoms with Crippen molar-refractivity contribution in [3.05, 3.63) is 78.5 Å². The number of rotatable bonds is 4. The second-order valence-corrected chi connectivity index (χ2v) is 6.31. The van der Waals surface area contributed by atoms with Crippen LogP contribution in [0.2, 0.25) is 0 Å². The highest BCUT2D eigenvalue weighted by atomic mass is 19.1. The molecule has 0 fully saturated rings. The van der Waals surface area contributed by atoms with Gasteiger partial charge >= 0.3 is 0 Å². The quantitative estimate of drug-likeness (QED) is 0.728. The molecule has 0 aliphatic carbocycles. The molecule has 28 heavy (non-hydrogen) atoms. The number of amides is 1. The van der Waals surface area contributed by atoms with Gasteiger partial charge in [-0.15, -0.1) is 0 Å². The fourth-order valence-electron chi connectivity index (χ4n) is 3.38. The van der Waals surface area contributed by atoms with Crippen LogP contribution >= 0.6 is 0 Å². The SMILES string of the molecule is C=C1Nc2ncnn2C(c2ccccc2F)C1C(=O)Nc1ccccc1OC. The average Bonchev–Trinajstić information content (AvgIpc) is 3.16. The Morgan fingerprint density at radius 2 is 2.00 bits per heavy atom. The zero-order chi connectivity index (χ0) is 19.7. The van der Waals surface area contributed by atoms with Gasteiger partial charge in [0, 0.05) is 11.3 Å². The van der Waals surface area contributed by atoms with Gasteiger partial charge in [0.2, 0.25) is 11.9 Å². The van der Waals surface area contributed by atoms with Gasteiger partial charge in [-0.25, -0.2) is 9.07 Å². The van der Waals surface area contributed by atoms with Crippen molar-refractivity contribution >= 4 is 17.5 Å². The molecule has 7 nitrogen and oxygen atoms in total. The van der Waals surface area contributed by atoms with Gasteiger partial charge in [0.1, 0.15) is 29.9 Å². The van der Waals surface area contributed by atoms with Crippen molar-refractivity contribution in [2.45, 2.75) is 6.04 Å². The summed E-state index contributed by atoms with van der Waals surface area (Å²) in [6.45, 7) is 3.98. The number of carbonyl (C=O) groups excluding carboxylic acids is 1. The lowest BCUT2D eigenvalue weighted by atomic mass is 9.88. The van der Waals surface area contributed by atoms with Crippen LogP contribution in [-0.2, 0) is 4.79 Å². The van der Waals surface area contributed by atoms with Crippen LogP contribution in [0.25, 0.3) is 0 Å². The summed E-state index contributed by atoms with van der Waals surface area (Å²) in [5.41, 5.74) is 1.25. The average molecular weight is 379 g/mol. The molecule has 8 heteroatoms. The molecule has 2 atom stereocenters. The maximum Gasteiger partial charge on any atom is 0.236 e.